The Kier molecular flexibility index (Phi) is 2.48. The fourth-order valence-corrected chi connectivity index (χ4v) is 2.45. The van der Waals surface area contributed by atoms with Crippen molar-refractivity contribution in [2.24, 2.45) is 0 Å². The molecule has 3 heteroatoms. The second-order valence-electron chi connectivity index (χ2n) is 4.64. The normalized spacial score (nSPS) is 20.6. The van der Waals surface area contributed by atoms with Gasteiger partial charge in [0.1, 0.15) is 5.82 Å². The molecule has 3 rings (SSSR count). The highest BCUT2D eigenvalue weighted by Gasteiger charge is 2.14. The van der Waals surface area contributed by atoms with Gasteiger partial charge in [0.15, 0.2) is 0 Å². The number of rotatable bonds is 1. The molecule has 2 heterocycles. The van der Waals surface area contributed by atoms with Crippen molar-refractivity contribution in [2.45, 2.75) is 19.4 Å². The molecule has 0 spiro atoms. The van der Waals surface area contributed by atoms with E-state index in [1.807, 2.05) is 12.3 Å². The number of fused-ring (bicyclic) bond motifs is 1. The van der Waals surface area contributed by atoms with Gasteiger partial charge in [-0.25, -0.2) is 4.39 Å². The first-order chi connectivity index (χ1) is 8.24. The molecule has 1 aromatic heterocycles. The molecule has 0 fully saturated rings. The highest BCUT2D eigenvalue weighted by Crippen LogP contribution is 2.29. The van der Waals surface area contributed by atoms with Gasteiger partial charge in [-0.1, -0.05) is 6.08 Å². The number of benzene rings is 1. The monoisotopic (exact) mass is 230 g/mol. The number of H-pyrrole nitrogens is 1. The van der Waals surface area contributed by atoms with Crippen molar-refractivity contribution in [1.82, 2.24) is 10.3 Å². The highest BCUT2D eigenvalue weighted by atomic mass is 19.1. The molecule has 1 unspecified atom stereocenters. The van der Waals surface area contributed by atoms with Gasteiger partial charge in [0.25, 0.3) is 0 Å². The summed E-state index contributed by atoms with van der Waals surface area (Å²) in [5.74, 6) is -0.196. The van der Waals surface area contributed by atoms with Crippen LogP contribution in [0.15, 0.2) is 30.5 Å². The second-order valence-corrected chi connectivity index (χ2v) is 4.64. The lowest BCUT2D eigenvalue weighted by Gasteiger charge is -2.20. The lowest BCUT2D eigenvalue weighted by Crippen LogP contribution is -2.29. The molecule has 1 aliphatic rings. The van der Waals surface area contributed by atoms with E-state index in [2.05, 4.69) is 23.3 Å². The maximum Gasteiger partial charge on any atom is 0.125 e. The molecule has 0 radical (unpaired) electrons. The molecule has 0 saturated heterocycles. The topological polar surface area (TPSA) is 27.8 Å². The Balaban J connectivity index is 2.09. The fourth-order valence-electron chi connectivity index (χ4n) is 2.45. The molecule has 0 amide bonds. The SMILES string of the molecule is CC1CC(c2c[nH]c3cc(F)ccc23)=CCN1. The zero-order valence-electron chi connectivity index (χ0n) is 9.76. The molecule has 0 aliphatic carbocycles. The number of halogens is 1. The summed E-state index contributed by atoms with van der Waals surface area (Å²) in [6.45, 7) is 3.09. The molecular weight excluding hydrogens is 215 g/mol. The van der Waals surface area contributed by atoms with E-state index in [4.69, 9.17) is 0 Å². The molecule has 0 bridgehead atoms. The van der Waals surface area contributed by atoms with Gasteiger partial charge in [0, 0.05) is 35.2 Å². The first kappa shape index (κ1) is 10.5. The van der Waals surface area contributed by atoms with Crippen LogP contribution in [-0.4, -0.2) is 17.6 Å². The van der Waals surface area contributed by atoms with Crippen LogP contribution >= 0.6 is 0 Å². The quantitative estimate of drug-likeness (QED) is 0.774. The van der Waals surface area contributed by atoms with Crippen LogP contribution in [0.1, 0.15) is 18.9 Å². The standard InChI is InChI=1S/C14H15FN2/c1-9-6-10(4-5-16-9)13-8-17-14-7-11(15)2-3-12(13)14/h2-4,7-9,16-17H,5-6H2,1H3. The van der Waals surface area contributed by atoms with Crippen LogP contribution in [0.2, 0.25) is 0 Å². The molecule has 1 aliphatic heterocycles. The van der Waals surface area contributed by atoms with Gasteiger partial charge in [-0.05, 0) is 37.1 Å². The third-order valence-corrected chi connectivity index (χ3v) is 3.33. The van der Waals surface area contributed by atoms with E-state index >= 15 is 0 Å². The Bertz CT molecular complexity index is 583. The third kappa shape index (κ3) is 1.87. The predicted molar refractivity (Wildman–Crippen MR) is 68.3 cm³/mol. The van der Waals surface area contributed by atoms with Gasteiger partial charge in [0.05, 0.1) is 0 Å². The van der Waals surface area contributed by atoms with Crippen LogP contribution in [0.5, 0.6) is 0 Å². The van der Waals surface area contributed by atoms with Crippen molar-refractivity contribution in [2.75, 3.05) is 6.54 Å². The first-order valence-electron chi connectivity index (χ1n) is 5.93. The Morgan fingerprint density at radius 1 is 1.35 bits per heavy atom. The van der Waals surface area contributed by atoms with Crippen LogP contribution in [0, 0.1) is 5.82 Å². The highest BCUT2D eigenvalue weighted by molar-refractivity contribution is 5.92. The summed E-state index contributed by atoms with van der Waals surface area (Å²) < 4.78 is 13.1. The summed E-state index contributed by atoms with van der Waals surface area (Å²) in [5, 5.41) is 4.49. The first-order valence-corrected chi connectivity index (χ1v) is 5.93. The van der Waals surface area contributed by atoms with Gasteiger partial charge in [-0.15, -0.1) is 0 Å². The molecular formula is C14H15FN2. The lowest BCUT2D eigenvalue weighted by atomic mass is 9.96. The van der Waals surface area contributed by atoms with Crippen molar-refractivity contribution < 1.29 is 4.39 Å². The average molecular weight is 230 g/mol. The molecule has 2 aromatic rings. The van der Waals surface area contributed by atoms with Crippen molar-refractivity contribution >= 4 is 16.5 Å². The maximum absolute atomic E-state index is 13.1. The van der Waals surface area contributed by atoms with E-state index in [0.717, 1.165) is 23.9 Å². The van der Waals surface area contributed by atoms with Gasteiger partial charge in [0.2, 0.25) is 0 Å². The zero-order valence-corrected chi connectivity index (χ0v) is 9.76. The van der Waals surface area contributed by atoms with Crippen LogP contribution in [0.3, 0.4) is 0 Å². The molecule has 17 heavy (non-hydrogen) atoms. The van der Waals surface area contributed by atoms with E-state index in [1.165, 1.54) is 17.2 Å². The van der Waals surface area contributed by atoms with E-state index in [0.29, 0.717) is 6.04 Å². The molecule has 2 N–H and O–H groups in total. The molecule has 0 saturated carbocycles. The van der Waals surface area contributed by atoms with Crippen molar-refractivity contribution in [1.29, 1.82) is 0 Å². The minimum atomic E-state index is -0.196. The predicted octanol–water partition coefficient (Wildman–Crippen LogP) is 3.07. The van der Waals surface area contributed by atoms with E-state index in [9.17, 15) is 4.39 Å². The number of aromatic nitrogens is 1. The Morgan fingerprint density at radius 3 is 3.06 bits per heavy atom. The van der Waals surface area contributed by atoms with Crippen LogP contribution in [0.4, 0.5) is 4.39 Å². The van der Waals surface area contributed by atoms with E-state index in [-0.39, 0.29) is 5.82 Å². The van der Waals surface area contributed by atoms with Gasteiger partial charge in [-0.3, -0.25) is 0 Å². The van der Waals surface area contributed by atoms with Crippen LogP contribution in [-0.2, 0) is 0 Å². The minimum absolute atomic E-state index is 0.196. The average Bonchev–Trinajstić information content (AvgIpc) is 2.71. The number of hydrogen-bond donors (Lipinski definition) is 2. The summed E-state index contributed by atoms with van der Waals surface area (Å²) in [4.78, 5) is 3.14. The summed E-state index contributed by atoms with van der Waals surface area (Å²) in [5.41, 5.74) is 3.41. The van der Waals surface area contributed by atoms with Crippen LogP contribution in [0.25, 0.3) is 16.5 Å². The molecule has 2 nitrogen and oxygen atoms in total. The van der Waals surface area contributed by atoms with Crippen LogP contribution < -0.4 is 5.32 Å². The molecule has 1 atom stereocenters. The Morgan fingerprint density at radius 2 is 2.24 bits per heavy atom. The number of hydrogen-bond acceptors (Lipinski definition) is 1. The summed E-state index contributed by atoms with van der Waals surface area (Å²) in [7, 11) is 0. The smallest absolute Gasteiger partial charge is 0.125 e. The fraction of sp³-hybridized carbons (Fsp3) is 0.286. The van der Waals surface area contributed by atoms with E-state index < -0.39 is 0 Å². The van der Waals surface area contributed by atoms with E-state index in [1.54, 1.807) is 6.07 Å². The largest absolute Gasteiger partial charge is 0.360 e. The number of aromatic amines is 1. The summed E-state index contributed by atoms with van der Waals surface area (Å²) in [6, 6.07) is 5.42. The van der Waals surface area contributed by atoms with Crippen molar-refractivity contribution in [3.8, 4) is 0 Å². The second kappa shape index (κ2) is 4.00. The summed E-state index contributed by atoms with van der Waals surface area (Å²) >= 11 is 0. The Labute approximate surface area is 99.5 Å². The Hall–Kier alpha value is -1.61. The molecule has 1 aromatic carbocycles. The minimum Gasteiger partial charge on any atom is -0.360 e. The van der Waals surface area contributed by atoms with Crippen molar-refractivity contribution in [3.05, 3.63) is 41.9 Å². The maximum atomic E-state index is 13.1. The van der Waals surface area contributed by atoms with Crippen molar-refractivity contribution in [3.63, 3.8) is 0 Å². The van der Waals surface area contributed by atoms with Gasteiger partial charge >= 0.3 is 0 Å². The van der Waals surface area contributed by atoms with Gasteiger partial charge in [-0.2, -0.15) is 0 Å². The zero-order chi connectivity index (χ0) is 11.8. The summed E-state index contributed by atoms with van der Waals surface area (Å²) in [6.07, 6.45) is 5.21. The molecule has 88 valence electrons. The van der Waals surface area contributed by atoms with Gasteiger partial charge < -0.3 is 10.3 Å². The lowest BCUT2D eigenvalue weighted by molar-refractivity contribution is 0.579. The third-order valence-electron chi connectivity index (χ3n) is 3.33. The number of nitrogens with one attached hydrogen (secondary N) is 2.